The topological polar surface area (TPSA) is 76.0 Å². The van der Waals surface area contributed by atoms with Crippen molar-refractivity contribution in [2.45, 2.75) is 69.5 Å². The van der Waals surface area contributed by atoms with Gasteiger partial charge in [-0.2, -0.15) is 0 Å². The minimum Gasteiger partial charge on any atom is -0.493 e. The smallest absolute Gasteiger partial charge is 0.303 e. The van der Waals surface area contributed by atoms with Crippen LogP contribution in [0.5, 0.6) is 5.75 Å². The number of carbonyl (C=O) groups is 1. The van der Waals surface area contributed by atoms with Crippen molar-refractivity contribution < 1.29 is 24.5 Å². The summed E-state index contributed by atoms with van der Waals surface area (Å²) >= 11 is 6.49. The number of benzene rings is 1. The van der Waals surface area contributed by atoms with Crippen LogP contribution in [0.2, 0.25) is 0 Å². The monoisotopic (exact) mass is 438 g/mol. The SMILES string of the molecule is CCCC(OC)c1ccc(OCC2C(O)CC(Cl)C2C/C=C\CCCC(=O)O)cc1. The first-order valence-corrected chi connectivity index (χ1v) is 11.3. The van der Waals surface area contributed by atoms with Gasteiger partial charge in [0, 0.05) is 24.8 Å². The number of aliphatic carboxylic acids is 1. The Morgan fingerprint density at radius 3 is 2.63 bits per heavy atom. The third kappa shape index (κ3) is 7.60. The van der Waals surface area contributed by atoms with E-state index in [1.165, 1.54) is 0 Å². The van der Waals surface area contributed by atoms with Crippen molar-refractivity contribution in [3.05, 3.63) is 42.0 Å². The minimum atomic E-state index is -0.767. The molecule has 2 rings (SSSR count). The highest BCUT2D eigenvalue weighted by molar-refractivity contribution is 6.21. The van der Waals surface area contributed by atoms with E-state index in [0.29, 0.717) is 19.4 Å². The summed E-state index contributed by atoms with van der Waals surface area (Å²) < 4.78 is 11.5. The first kappa shape index (κ1) is 24.7. The third-order valence-electron chi connectivity index (χ3n) is 5.84. The van der Waals surface area contributed by atoms with Gasteiger partial charge in [0.2, 0.25) is 0 Å². The Balaban J connectivity index is 1.87. The van der Waals surface area contributed by atoms with Gasteiger partial charge in [-0.05, 0) is 55.7 Å². The molecule has 1 aromatic carbocycles. The summed E-state index contributed by atoms with van der Waals surface area (Å²) in [5.41, 5.74) is 1.14. The van der Waals surface area contributed by atoms with Crippen molar-refractivity contribution in [2.75, 3.05) is 13.7 Å². The van der Waals surface area contributed by atoms with Crippen LogP contribution in [0.15, 0.2) is 36.4 Å². The number of aliphatic hydroxyl groups is 1. The molecule has 0 bridgehead atoms. The van der Waals surface area contributed by atoms with E-state index in [2.05, 4.69) is 13.0 Å². The molecule has 30 heavy (non-hydrogen) atoms. The fourth-order valence-corrected chi connectivity index (χ4v) is 4.56. The summed E-state index contributed by atoms with van der Waals surface area (Å²) in [5.74, 6) is 0.122. The predicted octanol–water partition coefficient (Wildman–Crippen LogP) is 5.36. The van der Waals surface area contributed by atoms with Crippen molar-refractivity contribution in [3.63, 3.8) is 0 Å². The quantitative estimate of drug-likeness (QED) is 0.246. The number of carboxylic acid groups (broad SMARTS) is 1. The van der Waals surface area contributed by atoms with Gasteiger partial charge in [-0.3, -0.25) is 4.79 Å². The zero-order chi connectivity index (χ0) is 21.9. The van der Waals surface area contributed by atoms with Gasteiger partial charge in [0.25, 0.3) is 0 Å². The molecule has 1 fully saturated rings. The Bertz CT molecular complexity index is 660. The average molecular weight is 439 g/mol. The molecule has 0 aliphatic heterocycles. The van der Waals surface area contributed by atoms with Gasteiger partial charge in [0.15, 0.2) is 0 Å². The van der Waals surface area contributed by atoms with Crippen LogP contribution in [-0.2, 0) is 9.53 Å². The van der Waals surface area contributed by atoms with E-state index in [0.717, 1.165) is 37.0 Å². The Hall–Kier alpha value is -1.56. The van der Waals surface area contributed by atoms with Gasteiger partial charge in [-0.15, -0.1) is 11.6 Å². The molecule has 5 nitrogen and oxygen atoms in total. The predicted molar refractivity (Wildman–Crippen MR) is 119 cm³/mol. The van der Waals surface area contributed by atoms with Gasteiger partial charge in [0.1, 0.15) is 5.75 Å². The zero-order valence-electron chi connectivity index (χ0n) is 18.0. The molecule has 0 heterocycles. The summed E-state index contributed by atoms with van der Waals surface area (Å²) in [4.78, 5) is 10.6. The normalized spacial score (nSPS) is 24.9. The van der Waals surface area contributed by atoms with E-state index < -0.39 is 12.1 Å². The first-order chi connectivity index (χ1) is 14.5. The highest BCUT2D eigenvalue weighted by Crippen LogP contribution is 2.39. The fraction of sp³-hybridized carbons (Fsp3) is 0.625. The molecule has 2 N–H and O–H groups in total. The maximum Gasteiger partial charge on any atom is 0.303 e. The maximum absolute atomic E-state index is 10.6. The van der Waals surface area contributed by atoms with E-state index in [-0.39, 0.29) is 29.7 Å². The molecule has 5 unspecified atom stereocenters. The second-order valence-electron chi connectivity index (χ2n) is 8.03. The lowest BCUT2D eigenvalue weighted by Gasteiger charge is -2.23. The van der Waals surface area contributed by atoms with Crippen LogP contribution in [0.4, 0.5) is 0 Å². The number of carboxylic acids is 1. The molecule has 1 saturated carbocycles. The van der Waals surface area contributed by atoms with Crippen LogP contribution in [0.25, 0.3) is 0 Å². The summed E-state index contributed by atoms with van der Waals surface area (Å²) in [5, 5.41) is 19.0. The molecule has 1 aromatic rings. The van der Waals surface area contributed by atoms with Crippen molar-refractivity contribution in [1.29, 1.82) is 0 Å². The summed E-state index contributed by atoms with van der Waals surface area (Å²) in [6.07, 6.45) is 8.62. The number of halogens is 1. The zero-order valence-corrected chi connectivity index (χ0v) is 18.8. The summed E-state index contributed by atoms with van der Waals surface area (Å²) in [6.45, 7) is 2.56. The van der Waals surface area contributed by atoms with Crippen molar-refractivity contribution >= 4 is 17.6 Å². The number of unbranched alkanes of at least 4 members (excludes halogenated alkanes) is 1. The Kier molecular flexibility index (Phi) is 10.7. The van der Waals surface area contributed by atoms with E-state index >= 15 is 0 Å². The van der Waals surface area contributed by atoms with E-state index in [9.17, 15) is 9.90 Å². The first-order valence-electron chi connectivity index (χ1n) is 10.9. The van der Waals surface area contributed by atoms with E-state index in [1.54, 1.807) is 7.11 Å². The molecule has 1 aliphatic carbocycles. The van der Waals surface area contributed by atoms with Gasteiger partial charge in [-0.1, -0.05) is 37.6 Å². The molecule has 0 spiro atoms. The summed E-state index contributed by atoms with van der Waals surface area (Å²) in [7, 11) is 1.73. The second-order valence-corrected chi connectivity index (χ2v) is 8.59. The number of rotatable bonds is 13. The highest BCUT2D eigenvalue weighted by Gasteiger charge is 2.41. The van der Waals surface area contributed by atoms with Gasteiger partial charge in [-0.25, -0.2) is 0 Å². The number of methoxy groups -OCH3 is 1. The average Bonchev–Trinajstić information content (AvgIpc) is 2.99. The molecule has 168 valence electrons. The molecule has 5 atom stereocenters. The van der Waals surface area contributed by atoms with Crippen LogP contribution in [0.3, 0.4) is 0 Å². The lowest BCUT2D eigenvalue weighted by atomic mass is 9.92. The van der Waals surface area contributed by atoms with Crippen molar-refractivity contribution in [3.8, 4) is 5.75 Å². The number of alkyl halides is 1. The minimum absolute atomic E-state index is 0.0253. The standard InChI is InChI=1S/C24H35ClO5/c1-3-8-23(29-2)17-11-13-18(14-12-17)30-16-20-19(21(25)15-22(20)26)9-6-4-5-7-10-24(27)28/h4,6,11-14,19-23,26H,3,5,7-10,15-16H2,1-2H3,(H,27,28)/b6-4-. The van der Waals surface area contributed by atoms with Crippen LogP contribution >= 0.6 is 11.6 Å². The lowest BCUT2D eigenvalue weighted by Crippen LogP contribution is -2.27. The van der Waals surface area contributed by atoms with Crippen LogP contribution in [0, 0.1) is 11.8 Å². The molecular formula is C24H35ClO5. The van der Waals surface area contributed by atoms with Crippen LogP contribution in [-0.4, -0.2) is 41.4 Å². The second kappa shape index (κ2) is 13.0. The molecule has 1 aliphatic rings. The molecule has 6 heteroatoms. The molecular weight excluding hydrogens is 404 g/mol. The largest absolute Gasteiger partial charge is 0.493 e. The molecule has 0 amide bonds. The molecule has 0 radical (unpaired) electrons. The van der Waals surface area contributed by atoms with Gasteiger partial charge in [0.05, 0.1) is 18.8 Å². The Morgan fingerprint density at radius 1 is 1.27 bits per heavy atom. The fourth-order valence-electron chi connectivity index (χ4n) is 4.09. The van der Waals surface area contributed by atoms with Crippen LogP contribution in [0.1, 0.15) is 63.5 Å². The highest BCUT2D eigenvalue weighted by atomic mass is 35.5. The number of hydrogen-bond acceptors (Lipinski definition) is 4. The Morgan fingerprint density at radius 2 is 2.00 bits per heavy atom. The molecule has 0 saturated heterocycles. The Labute approximate surface area is 185 Å². The lowest BCUT2D eigenvalue weighted by molar-refractivity contribution is -0.137. The van der Waals surface area contributed by atoms with E-state index in [4.69, 9.17) is 26.2 Å². The van der Waals surface area contributed by atoms with Crippen molar-refractivity contribution in [2.24, 2.45) is 11.8 Å². The van der Waals surface area contributed by atoms with Gasteiger partial charge >= 0.3 is 5.97 Å². The number of aliphatic hydroxyl groups excluding tert-OH is 1. The van der Waals surface area contributed by atoms with Gasteiger partial charge < -0.3 is 19.7 Å². The number of ether oxygens (including phenoxy) is 2. The maximum atomic E-state index is 10.6. The van der Waals surface area contributed by atoms with Crippen molar-refractivity contribution in [1.82, 2.24) is 0 Å². The third-order valence-corrected chi connectivity index (χ3v) is 6.34. The van der Waals surface area contributed by atoms with Crippen LogP contribution < -0.4 is 4.74 Å². The summed E-state index contributed by atoms with van der Waals surface area (Å²) in [6, 6.07) is 7.97. The number of allylic oxidation sites excluding steroid dienone is 2. The molecule has 0 aromatic heterocycles. The van der Waals surface area contributed by atoms with E-state index in [1.807, 2.05) is 30.3 Å². The number of hydrogen-bond donors (Lipinski definition) is 2.